The van der Waals surface area contributed by atoms with Crippen LogP contribution < -0.4 is 10.5 Å². The number of hydrogen-bond acceptors (Lipinski definition) is 3. The normalized spacial score (nSPS) is 12.1. The first-order chi connectivity index (χ1) is 7.97. The lowest BCUT2D eigenvalue weighted by atomic mass is 10.2. The van der Waals surface area contributed by atoms with Gasteiger partial charge >= 0.3 is 0 Å². The Hall–Kier alpha value is -1.62. The third-order valence-corrected chi connectivity index (χ3v) is 2.35. The van der Waals surface area contributed by atoms with Gasteiger partial charge in [0.25, 0.3) is 5.91 Å². The van der Waals surface area contributed by atoms with Gasteiger partial charge in [-0.1, -0.05) is 12.1 Å². The molecule has 2 N–H and O–H groups in total. The average molecular weight is 240 g/mol. The van der Waals surface area contributed by atoms with Gasteiger partial charge < -0.3 is 15.4 Å². The van der Waals surface area contributed by atoms with Crippen LogP contribution in [0.1, 0.15) is 12.5 Å². The van der Waals surface area contributed by atoms with Crippen molar-refractivity contribution < 1.29 is 13.9 Å². The Bertz CT molecular complexity index is 407. The first-order valence-electron chi connectivity index (χ1n) is 5.32. The number of nitrogens with zero attached hydrogens (tertiary/aromatic N) is 1. The van der Waals surface area contributed by atoms with Crippen LogP contribution in [-0.2, 0) is 11.3 Å². The lowest BCUT2D eigenvalue weighted by Gasteiger charge is -2.20. The molecule has 1 unspecified atom stereocenters. The summed E-state index contributed by atoms with van der Waals surface area (Å²) in [6.45, 7) is 1.74. The van der Waals surface area contributed by atoms with E-state index in [9.17, 15) is 9.18 Å². The van der Waals surface area contributed by atoms with Gasteiger partial charge in [-0.3, -0.25) is 4.79 Å². The summed E-state index contributed by atoms with van der Waals surface area (Å²) in [5, 5.41) is 0. The van der Waals surface area contributed by atoms with E-state index in [1.807, 2.05) is 0 Å². The Balaban J connectivity index is 2.91. The second kappa shape index (κ2) is 5.63. The van der Waals surface area contributed by atoms with Crippen molar-refractivity contribution in [2.75, 3.05) is 14.1 Å². The van der Waals surface area contributed by atoms with Crippen LogP contribution in [0.2, 0.25) is 0 Å². The minimum Gasteiger partial charge on any atom is -0.477 e. The molecule has 0 aromatic heterocycles. The van der Waals surface area contributed by atoms with E-state index < -0.39 is 11.9 Å². The van der Waals surface area contributed by atoms with Crippen molar-refractivity contribution in [1.82, 2.24) is 4.90 Å². The summed E-state index contributed by atoms with van der Waals surface area (Å²) in [5.74, 6) is -0.680. The average Bonchev–Trinajstić information content (AvgIpc) is 2.30. The Labute approximate surface area is 100 Å². The molecule has 17 heavy (non-hydrogen) atoms. The predicted molar refractivity (Wildman–Crippen MR) is 63.1 cm³/mol. The molecule has 0 spiro atoms. The number of benzene rings is 1. The molecule has 0 radical (unpaired) electrons. The highest BCUT2D eigenvalue weighted by atomic mass is 19.1. The number of nitrogens with two attached hydrogens (primary N) is 1. The maximum atomic E-state index is 13.6. The van der Waals surface area contributed by atoms with Gasteiger partial charge in [0, 0.05) is 26.2 Å². The van der Waals surface area contributed by atoms with Gasteiger partial charge in [-0.05, 0) is 13.0 Å². The Morgan fingerprint density at radius 1 is 1.53 bits per heavy atom. The van der Waals surface area contributed by atoms with Crippen LogP contribution in [-0.4, -0.2) is 31.0 Å². The molecule has 1 aromatic rings. The number of rotatable bonds is 4. The molecule has 0 bridgehead atoms. The molecule has 0 saturated heterocycles. The molecule has 0 aliphatic heterocycles. The highest BCUT2D eigenvalue weighted by molar-refractivity contribution is 5.80. The maximum Gasteiger partial charge on any atom is 0.262 e. The van der Waals surface area contributed by atoms with Crippen LogP contribution in [0.25, 0.3) is 0 Å². The Morgan fingerprint density at radius 2 is 2.18 bits per heavy atom. The first-order valence-corrected chi connectivity index (χ1v) is 5.32. The fraction of sp³-hybridized carbons (Fsp3) is 0.417. The van der Waals surface area contributed by atoms with Crippen LogP contribution >= 0.6 is 0 Å². The summed E-state index contributed by atoms with van der Waals surface area (Å²) >= 11 is 0. The number of hydrogen-bond donors (Lipinski definition) is 1. The second-order valence-corrected chi connectivity index (χ2v) is 3.92. The molecule has 0 fully saturated rings. The van der Waals surface area contributed by atoms with Crippen LogP contribution in [0.15, 0.2) is 18.2 Å². The quantitative estimate of drug-likeness (QED) is 0.858. The Kier molecular flexibility index (Phi) is 4.45. The fourth-order valence-electron chi connectivity index (χ4n) is 1.44. The molecular formula is C12H17FN2O2. The van der Waals surface area contributed by atoms with Crippen molar-refractivity contribution in [2.24, 2.45) is 5.73 Å². The monoisotopic (exact) mass is 240 g/mol. The third-order valence-electron chi connectivity index (χ3n) is 2.35. The van der Waals surface area contributed by atoms with Gasteiger partial charge in [0.05, 0.1) is 0 Å². The maximum absolute atomic E-state index is 13.6. The lowest BCUT2D eigenvalue weighted by molar-refractivity contribution is -0.135. The van der Waals surface area contributed by atoms with E-state index in [-0.39, 0.29) is 18.2 Å². The van der Waals surface area contributed by atoms with E-state index in [4.69, 9.17) is 10.5 Å². The minimum absolute atomic E-state index is 0.0534. The van der Waals surface area contributed by atoms with Crippen LogP contribution in [0, 0.1) is 5.82 Å². The number of likely N-dealkylation sites (N-methyl/N-ethyl adjacent to an activating group) is 1. The zero-order valence-corrected chi connectivity index (χ0v) is 10.2. The van der Waals surface area contributed by atoms with Gasteiger partial charge in [0.2, 0.25) is 0 Å². The smallest absolute Gasteiger partial charge is 0.262 e. The summed E-state index contributed by atoms with van der Waals surface area (Å²) in [4.78, 5) is 13.0. The molecule has 0 heterocycles. The van der Waals surface area contributed by atoms with Crippen LogP contribution in [0.3, 0.4) is 0 Å². The zero-order chi connectivity index (χ0) is 13.0. The predicted octanol–water partition coefficient (Wildman–Crippen LogP) is 1.14. The summed E-state index contributed by atoms with van der Waals surface area (Å²) in [6, 6.07) is 4.51. The molecule has 1 aromatic carbocycles. The number of carbonyl (C=O) groups is 1. The third kappa shape index (κ3) is 3.17. The molecule has 0 saturated carbocycles. The molecule has 4 nitrogen and oxygen atoms in total. The van der Waals surface area contributed by atoms with Crippen molar-refractivity contribution in [2.45, 2.75) is 19.6 Å². The Morgan fingerprint density at radius 3 is 2.71 bits per heavy atom. The fourth-order valence-corrected chi connectivity index (χ4v) is 1.44. The standard InChI is InChI=1S/C12H17FN2O2/c1-8(12(16)15(2)3)17-11-9(7-14)5-4-6-10(11)13/h4-6,8H,7,14H2,1-3H3. The van der Waals surface area contributed by atoms with Crippen molar-refractivity contribution in [3.63, 3.8) is 0 Å². The molecule has 1 amide bonds. The van der Waals surface area contributed by atoms with E-state index in [0.29, 0.717) is 5.56 Å². The first kappa shape index (κ1) is 13.4. The summed E-state index contributed by atoms with van der Waals surface area (Å²) < 4.78 is 18.9. The van der Waals surface area contributed by atoms with Crippen molar-refractivity contribution in [1.29, 1.82) is 0 Å². The highest BCUT2D eigenvalue weighted by Gasteiger charge is 2.19. The van der Waals surface area contributed by atoms with E-state index in [1.165, 1.54) is 11.0 Å². The van der Waals surface area contributed by atoms with Crippen molar-refractivity contribution in [3.8, 4) is 5.75 Å². The van der Waals surface area contributed by atoms with E-state index in [1.54, 1.807) is 33.2 Å². The molecular weight excluding hydrogens is 223 g/mol. The van der Waals surface area contributed by atoms with E-state index in [0.717, 1.165) is 0 Å². The van der Waals surface area contributed by atoms with Crippen molar-refractivity contribution >= 4 is 5.91 Å². The van der Waals surface area contributed by atoms with Gasteiger partial charge in [0.1, 0.15) is 0 Å². The van der Waals surface area contributed by atoms with E-state index in [2.05, 4.69) is 0 Å². The van der Waals surface area contributed by atoms with Crippen LogP contribution in [0.5, 0.6) is 5.75 Å². The summed E-state index contributed by atoms with van der Waals surface area (Å²) in [6.07, 6.45) is -0.743. The lowest BCUT2D eigenvalue weighted by Crippen LogP contribution is -2.35. The number of para-hydroxylation sites is 1. The number of halogens is 1. The van der Waals surface area contributed by atoms with Gasteiger partial charge in [0.15, 0.2) is 17.7 Å². The molecule has 0 aliphatic rings. The molecule has 1 rings (SSSR count). The van der Waals surface area contributed by atoms with Gasteiger partial charge in [-0.2, -0.15) is 0 Å². The molecule has 1 atom stereocenters. The topological polar surface area (TPSA) is 55.6 Å². The van der Waals surface area contributed by atoms with Crippen LogP contribution in [0.4, 0.5) is 4.39 Å². The van der Waals surface area contributed by atoms with Gasteiger partial charge in [-0.15, -0.1) is 0 Å². The number of carbonyl (C=O) groups excluding carboxylic acids is 1. The van der Waals surface area contributed by atoms with Gasteiger partial charge in [-0.25, -0.2) is 4.39 Å². The molecule has 5 heteroatoms. The van der Waals surface area contributed by atoms with E-state index >= 15 is 0 Å². The minimum atomic E-state index is -0.743. The van der Waals surface area contributed by atoms with Crippen molar-refractivity contribution in [3.05, 3.63) is 29.6 Å². The zero-order valence-electron chi connectivity index (χ0n) is 10.2. The SMILES string of the molecule is CC(Oc1c(F)cccc1CN)C(=O)N(C)C. The second-order valence-electron chi connectivity index (χ2n) is 3.92. The number of ether oxygens (including phenoxy) is 1. The largest absolute Gasteiger partial charge is 0.477 e. The summed E-state index contributed by atoms with van der Waals surface area (Å²) in [5.41, 5.74) is 6.03. The summed E-state index contributed by atoms with van der Waals surface area (Å²) in [7, 11) is 3.24. The number of amides is 1. The molecule has 0 aliphatic carbocycles. The highest BCUT2D eigenvalue weighted by Crippen LogP contribution is 2.23. The molecule has 94 valence electrons.